The van der Waals surface area contributed by atoms with Crippen molar-refractivity contribution in [2.75, 3.05) is 25.6 Å². The molecule has 2 aromatic rings. The van der Waals surface area contributed by atoms with Gasteiger partial charge >= 0.3 is 0 Å². The zero-order valence-electron chi connectivity index (χ0n) is 12.8. The van der Waals surface area contributed by atoms with E-state index in [1.165, 1.54) is 0 Å². The Kier molecular flexibility index (Phi) is 3.44. The first-order valence-corrected chi connectivity index (χ1v) is 7.51. The number of ether oxygens (including phenoxy) is 1. The first kappa shape index (κ1) is 13.8. The predicted octanol–water partition coefficient (Wildman–Crippen LogP) is 3.12. The van der Waals surface area contributed by atoms with E-state index in [2.05, 4.69) is 26.3 Å². The molecule has 0 bridgehead atoms. The molecule has 0 fully saturated rings. The van der Waals surface area contributed by atoms with Crippen LogP contribution in [0.3, 0.4) is 0 Å². The highest BCUT2D eigenvalue weighted by molar-refractivity contribution is 5.86. The predicted molar refractivity (Wildman–Crippen MR) is 90.7 cm³/mol. The molecule has 1 aromatic heterocycles. The molecule has 116 valence electrons. The van der Waals surface area contributed by atoms with E-state index in [0.29, 0.717) is 6.61 Å². The van der Waals surface area contributed by atoms with Gasteiger partial charge in [0.05, 0.1) is 17.6 Å². The Morgan fingerprint density at radius 3 is 2.87 bits per heavy atom. The van der Waals surface area contributed by atoms with E-state index in [1.807, 2.05) is 30.3 Å². The molecule has 6 nitrogen and oxygen atoms in total. The van der Waals surface area contributed by atoms with Gasteiger partial charge in [-0.2, -0.15) is 0 Å². The number of pyridine rings is 1. The standard InChI is InChI=1S/C17H17N5O/c1-23-9-8-18-15-10-12(11-6-7-19-16(11)22-15)17-20-13-4-2-3-5-14(13)21-17/h2-7,10H,8-9H2,1H3,(H,20,21)(H2,18,19,22). The van der Waals surface area contributed by atoms with Crippen LogP contribution in [0.25, 0.3) is 33.8 Å². The molecule has 0 atom stereocenters. The van der Waals surface area contributed by atoms with Crippen molar-refractivity contribution in [1.29, 1.82) is 0 Å². The summed E-state index contributed by atoms with van der Waals surface area (Å²) >= 11 is 0. The second-order valence-electron chi connectivity index (χ2n) is 5.33. The zero-order valence-corrected chi connectivity index (χ0v) is 12.8. The molecule has 0 amide bonds. The molecule has 0 spiro atoms. The molecule has 3 heterocycles. The van der Waals surface area contributed by atoms with Crippen molar-refractivity contribution >= 4 is 16.9 Å². The second-order valence-corrected chi connectivity index (χ2v) is 5.33. The highest BCUT2D eigenvalue weighted by Gasteiger charge is 2.16. The van der Waals surface area contributed by atoms with Crippen molar-refractivity contribution in [3.8, 4) is 22.8 Å². The Morgan fingerprint density at radius 2 is 2.00 bits per heavy atom. The Morgan fingerprint density at radius 1 is 1.09 bits per heavy atom. The first-order chi connectivity index (χ1) is 11.3. The summed E-state index contributed by atoms with van der Waals surface area (Å²) in [4.78, 5) is 15.8. The molecule has 0 aliphatic carbocycles. The van der Waals surface area contributed by atoms with Crippen molar-refractivity contribution in [3.05, 3.63) is 42.6 Å². The molecular weight excluding hydrogens is 290 g/mol. The lowest BCUT2D eigenvalue weighted by molar-refractivity contribution is 0.210. The number of aromatic amines is 2. The lowest BCUT2D eigenvalue weighted by atomic mass is 10.1. The smallest absolute Gasteiger partial charge is 0.139 e. The number of hydrogen-bond acceptors (Lipinski definition) is 4. The molecule has 0 saturated heterocycles. The molecule has 4 rings (SSSR count). The van der Waals surface area contributed by atoms with Crippen LogP contribution in [0.1, 0.15) is 0 Å². The fourth-order valence-corrected chi connectivity index (χ4v) is 2.70. The lowest BCUT2D eigenvalue weighted by Gasteiger charge is -2.11. The summed E-state index contributed by atoms with van der Waals surface area (Å²) in [6.07, 6.45) is 1.80. The van der Waals surface area contributed by atoms with Gasteiger partial charge in [-0.1, -0.05) is 12.1 Å². The minimum absolute atomic E-state index is 0.639. The highest BCUT2D eigenvalue weighted by Crippen LogP contribution is 2.33. The quantitative estimate of drug-likeness (QED) is 0.495. The minimum Gasteiger partial charge on any atom is -0.383 e. The summed E-state index contributed by atoms with van der Waals surface area (Å²) in [5, 5.41) is 3.31. The molecule has 0 saturated carbocycles. The second kappa shape index (κ2) is 5.73. The van der Waals surface area contributed by atoms with Crippen molar-refractivity contribution in [2.45, 2.75) is 0 Å². The summed E-state index contributed by atoms with van der Waals surface area (Å²) in [5.74, 6) is 2.57. The summed E-state index contributed by atoms with van der Waals surface area (Å²) in [6.45, 7) is 1.36. The fourth-order valence-electron chi connectivity index (χ4n) is 2.70. The molecule has 0 unspecified atom stereocenters. The Labute approximate surface area is 133 Å². The molecule has 2 aliphatic heterocycles. The van der Waals surface area contributed by atoms with Gasteiger partial charge in [-0.3, -0.25) is 0 Å². The van der Waals surface area contributed by atoms with Crippen molar-refractivity contribution in [1.82, 2.24) is 19.9 Å². The van der Waals surface area contributed by atoms with Gasteiger partial charge in [0.1, 0.15) is 17.5 Å². The Balaban J connectivity index is 1.80. The van der Waals surface area contributed by atoms with Crippen molar-refractivity contribution < 1.29 is 4.74 Å². The van der Waals surface area contributed by atoms with Gasteiger partial charge in [0.2, 0.25) is 0 Å². The molecule has 1 aromatic carbocycles. The van der Waals surface area contributed by atoms with Crippen LogP contribution in [0.15, 0.2) is 42.6 Å². The van der Waals surface area contributed by atoms with E-state index in [4.69, 9.17) is 9.72 Å². The van der Waals surface area contributed by atoms with Crippen LogP contribution in [0, 0.1) is 0 Å². The normalized spacial score (nSPS) is 11.3. The largest absolute Gasteiger partial charge is 0.383 e. The van der Waals surface area contributed by atoms with Crippen LogP contribution >= 0.6 is 0 Å². The molecular formula is C17H17N5O. The average Bonchev–Trinajstić information content (AvgIpc) is 3.20. The number of nitrogens with zero attached hydrogens (tertiary/aromatic N) is 2. The van der Waals surface area contributed by atoms with Crippen molar-refractivity contribution in [3.63, 3.8) is 0 Å². The minimum atomic E-state index is 0.639. The topological polar surface area (TPSA) is 78.6 Å². The van der Waals surface area contributed by atoms with Crippen molar-refractivity contribution in [2.24, 2.45) is 0 Å². The maximum atomic E-state index is 5.08. The van der Waals surface area contributed by atoms with E-state index < -0.39 is 0 Å². The van der Waals surface area contributed by atoms with E-state index >= 15 is 0 Å². The maximum Gasteiger partial charge on any atom is 0.139 e. The lowest BCUT2D eigenvalue weighted by Crippen LogP contribution is -2.09. The Bertz CT molecular complexity index is 877. The maximum absolute atomic E-state index is 5.08. The summed E-state index contributed by atoms with van der Waals surface area (Å²) in [5.41, 5.74) is 4.04. The van der Waals surface area contributed by atoms with Gasteiger partial charge in [0.25, 0.3) is 0 Å². The third-order valence-electron chi connectivity index (χ3n) is 3.80. The average molecular weight is 307 g/mol. The summed E-state index contributed by atoms with van der Waals surface area (Å²) in [6, 6.07) is 12.1. The van der Waals surface area contributed by atoms with E-state index in [1.54, 1.807) is 13.3 Å². The molecule has 23 heavy (non-hydrogen) atoms. The van der Waals surface area contributed by atoms with Gasteiger partial charge in [-0.15, -0.1) is 0 Å². The number of benzene rings is 1. The number of H-pyrrole nitrogens is 2. The van der Waals surface area contributed by atoms with Gasteiger partial charge in [-0.25, -0.2) is 9.97 Å². The number of imidazole rings is 1. The summed E-state index contributed by atoms with van der Waals surface area (Å²) < 4.78 is 5.08. The zero-order chi connectivity index (χ0) is 15.6. The van der Waals surface area contributed by atoms with Crippen LogP contribution in [-0.4, -0.2) is 40.2 Å². The number of methoxy groups -OCH3 is 1. The number of fused-ring (bicyclic) bond motifs is 2. The van der Waals surface area contributed by atoms with Crippen LogP contribution in [0.5, 0.6) is 0 Å². The molecule has 0 radical (unpaired) electrons. The van der Waals surface area contributed by atoms with Crippen LogP contribution in [-0.2, 0) is 4.74 Å². The Hall–Kier alpha value is -2.86. The van der Waals surface area contributed by atoms with Crippen LogP contribution in [0.2, 0.25) is 0 Å². The van der Waals surface area contributed by atoms with E-state index in [-0.39, 0.29) is 0 Å². The number of anilines is 1. The van der Waals surface area contributed by atoms with Crippen LogP contribution < -0.4 is 5.32 Å². The van der Waals surface area contributed by atoms with Gasteiger partial charge in [-0.05, 0) is 24.3 Å². The first-order valence-electron chi connectivity index (χ1n) is 7.51. The number of aromatic nitrogens is 4. The highest BCUT2D eigenvalue weighted by atomic mass is 16.5. The van der Waals surface area contributed by atoms with E-state index in [9.17, 15) is 0 Å². The summed E-state index contributed by atoms with van der Waals surface area (Å²) in [7, 11) is 1.69. The molecule has 2 aliphatic rings. The van der Waals surface area contributed by atoms with E-state index in [0.717, 1.165) is 46.2 Å². The number of hydrogen-bond donors (Lipinski definition) is 3. The SMILES string of the molecule is COCCNc1cc(-c2nc3ccccc3[nH]2)c2ccnc-2[nH]1. The monoisotopic (exact) mass is 307 g/mol. The third kappa shape index (κ3) is 2.53. The van der Waals surface area contributed by atoms with Gasteiger partial charge < -0.3 is 20.0 Å². The molecule has 3 N–H and O–H groups in total. The third-order valence-corrected chi connectivity index (χ3v) is 3.80. The number of nitrogens with one attached hydrogen (secondary N) is 3. The fraction of sp³-hybridized carbons (Fsp3) is 0.176. The van der Waals surface area contributed by atoms with Gasteiger partial charge in [0, 0.05) is 31.0 Å². The van der Waals surface area contributed by atoms with Crippen LogP contribution in [0.4, 0.5) is 5.82 Å². The number of para-hydroxylation sites is 2. The molecule has 6 heteroatoms. The van der Waals surface area contributed by atoms with Gasteiger partial charge in [0.15, 0.2) is 0 Å². The number of rotatable bonds is 5.